The van der Waals surface area contributed by atoms with Crippen molar-refractivity contribution in [2.24, 2.45) is 0 Å². The molecule has 38 heavy (non-hydrogen) atoms. The topological polar surface area (TPSA) is 0 Å². The molecule has 0 atom stereocenters. The highest BCUT2D eigenvalue weighted by molar-refractivity contribution is 5.71. The van der Waals surface area contributed by atoms with E-state index in [-0.39, 0.29) is 0 Å². The number of allylic oxidation sites excluding steroid dienone is 22. The van der Waals surface area contributed by atoms with E-state index in [1.54, 1.807) is 16.7 Å². The Morgan fingerprint density at radius 3 is 1.79 bits per heavy atom. The minimum atomic E-state index is 0.992. The Hall–Kier alpha value is -2.86. The maximum Gasteiger partial charge on any atom is -0.00679 e. The molecule has 5 rings (SSSR count). The van der Waals surface area contributed by atoms with Crippen molar-refractivity contribution in [1.82, 2.24) is 0 Å². The lowest BCUT2D eigenvalue weighted by molar-refractivity contribution is 0.627. The van der Waals surface area contributed by atoms with Crippen molar-refractivity contribution >= 4 is 0 Å². The third kappa shape index (κ3) is 6.96. The molecule has 0 fully saturated rings. The second kappa shape index (κ2) is 14.3. The molecule has 0 saturated carbocycles. The first-order valence-electron chi connectivity index (χ1n) is 15.5. The highest BCUT2D eigenvalue weighted by atomic mass is 14.3. The van der Waals surface area contributed by atoms with E-state index in [1.807, 2.05) is 0 Å². The summed E-state index contributed by atoms with van der Waals surface area (Å²) < 4.78 is 0. The largest absolute Gasteiger partial charge is 0.0845 e. The normalized spacial score (nSPS) is 23.6. The Labute approximate surface area is 232 Å². The van der Waals surface area contributed by atoms with Gasteiger partial charge in [-0.2, -0.15) is 0 Å². The van der Waals surface area contributed by atoms with E-state index in [1.165, 1.54) is 105 Å². The van der Waals surface area contributed by atoms with Gasteiger partial charge in [0.2, 0.25) is 0 Å². The van der Waals surface area contributed by atoms with Crippen LogP contribution in [0.4, 0.5) is 0 Å². The minimum absolute atomic E-state index is 0.992. The Morgan fingerprint density at radius 2 is 0.974 bits per heavy atom. The van der Waals surface area contributed by atoms with Gasteiger partial charge in [0.25, 0.3) is 0 Å². The van der Waals surface area contributed by atoms with E-state index in [2.05, 4.69) is 85.1 Å². The van der Waals surface area contributed by atoms with E-state index >= 15 is 0 Å². The van der Waals surface area contributed by atoms with Gasteiger partial charge in [0.15, 0.2) is 0 Å². The lowest BCUT2D eigenvalue weighted by Gasteiger charge is -2.29. The zero-order valence-corrected chi connectivity index (χ0v) is 23.4. The van der Waals surface area contributed by atoms with E-state index in [0.717, 1.165) is 25.7 Å². The van der Waals surface area contributed by atoms with E-state index in [9.17, 15) is 0 Å². The summed E-state index contributed by atoms with van der Waals surface area (Å²) in [6, 6.07) is 0. The van der Waals surface area contributed by atoms with Crippen LogP contribution in [-0.2, 0) is 0 Å². The Kier molecular flexibility index (Phi) is 10.1. The smallest absolute Gasteiger partial charge is 0.00679 e. The first-order valence-corrected chi connectivity index (χ1v) is 15.5. The van der Waals surface area contributed by atoms with E-state index in [4.69, 9.17) is 0 Å². The second-order valence-electron chi connectivity index (χ2n) is 11.3. The van der Waals surface area contributed by atoms with Crippen LogP contribution < -0.4 is 0 Å². The SMILES string of the molecule is C1=CC=C(C2=C(C3=CCCCCCC3)C(C3=CC=CCCCC3)=CCCC=C2C2=CC=CCCC2)CC=C1. The number of hydrogen-bond donors (Lipinski definition) is 0. The molecule has 0 heterocycles. The lowest BCUT2D eigenvalue weighted by atomic mass is 9.75. The van der Waals surface area contributed by atoms with E-state index < -0.39 is 0 Å². The van der Waals surface area contributed by atoms with Crippen LogP contribution in [-0.4, -0.2) is 0 Å². The molecule has 0 saturated heterocycles. The summed E-state index contributed by atoms with van der Waals surface area (Å²) in [5.41, 5.74) is 12.3. The van der Waals surface area contributed by atoms with Crippen LogP contribution in [0.15, 0.2) is 130 Å². The van der Waals surface area contributed by atoms with Crippen LogP contribution in [0.2, 0.25) is 0 Å². The summed E-state index contributed by atoms with van der Waals surface area (Å²) in [5, 5.41) is 0. The third-order valence-corrected chi connectivity index (χ3v) is 8.52. The zero-order valence-electron chi connectivity index (χ0n) is 23.4. The first kappa shape index (κ1) is 26.7. The molecule has 5 aliphatic rings. The van der Waals surface area contributed by atoms with Gasteiger partial charge in [-0.3, -0.25) is 0 Å². The molecule has 0 aliphatic heterocycles. The number of hydrogen-bond acceptors (Lipinski definition) is 0. The maximum atomic E-state index is 2.63. The van der Waals surface area contributed by atoms with Crippen molar-refractivity contribution in [2.45, 2.75) is 103 Å². The molecule has 0 bridgehead atoms. The highest BCUT2D eigenvalue weighted by Gasteiger charge is 2.26. The van der Waals surface area contributed by atoms with Crippen molar-refractivity contribution in [3.8, 4) is 0 Å². The summed E-state index contributed by atoms with van der Waals surface area (Å²) >= 11 is 0. The summed E-state index contributed by atoms with van der Waals surface area (Å²) in [4.78, 5) is 0. The van der Waals surface area contributed by atoms with E-state index in [0.29, 0.717) is 0 Å². The highest BCUT2D eigenvalue weighted by Crippen LogP contribution is 2.44. The van der Waals surface area contributed by atoms with Crippen molar-refractivity contribution in [3.63, 3.8) is 0 Å². The fourth-order valence-electron chi connectivity index (χ4n) is 6.53. The maximum absolute atomic E-state index is 2.63. The monoisotopic (exact) mass is 502 g/mol. The molecule has 198 valence electrons. The summed E-state index contributed by atoms with van der Waals surface area (Å²) in [5.74, 6) is 0. The molecule has 0 amide bonds. The average Bonchev–Trinajstić information content (AvgIpc) is 3.31. The average molecular weight is 503 g/mol. The van der Waals surface area contributed by atoms with Gasteiger partial charge in [-0.05, 0) is 134 Å². The van der Waals surface area contributed by atoms with Crippen molar-refractivity contribution in [3.05, 3.63) is 130 Å². The molecule has 0 heteroatoms. The minimum Gasteiger partial charge on any atom is -0.0845 e. The molecular weight excluding hydrogens is 456 g/mol. The molecule has 0 aromatic rings. The van der Waals surface area contributed by atoms with Crippen LogP contribution >= 0.6 is 0 Å². The van der Waals surface area contributed by atoms with Crippen LogP contribution in [0.3, 0.4) is 0 Å². The Morgan fingerprint density at radius 1 is 0.368 bits per heavy atom. The van der Waals surface area contributed by atoms with Gasteiger partial charge in [0.05, 0.1) is 0 Å². The predicted molar refractivity (Wildman–Crippen MR) is 166 cm³/mol. The standard InChI is InChI=1S/C38H46/c1-3-11-21-31(22-12-4-1)35-29-19-20-30-36(32-23-13-7-8-14-24-32)38(34-27-17-9-10-18-28-34)37(35)33-25-15-5-2-6-16-26-33/h3,7,9-11,13,17-18,21,23,25,27,29-30H,1-2,4-6,8,12,14-16,19-20,22,24,26,28H2. The fraction of sp³-hybridized carbons (Fsp3) is 0.421. The lowest BCUT2D eigenvalue weighted by Crippen LogP contribution is -2.11. The zero-order chi connectivity index (χ0) is 25.8. The second-order valence-corrected chi connectivity index (χ2v) is 11.3. The van der Waals surface area contributed by atoms with Crippen LogP contribution in [0.5, 0.6) is 0 Å². The summed E-state index contributed by atoms with van der Waals surface area (Å²) in [6.45, 7) is 0. The van der Waals surface area contributed by atoms with Crippen LogP contribution in [0, 0.1) is 0 Å². The fourth-order valence-corrected chi connectivity index (χ4v) is 6.53. The summed E-state index contributed by atoms with van der Waals surface area (Å²) in [6.07, 6.45) is 53.0. The molecule has 0 nitrogen and oxygen atoms in total. The molecule has 0 N–H and O–H groups in total. The van der Waals surface area contributed by atoms with Crippen molar-refractivity contribution in [1.29, 1.82) is 0 Å². The predicted octanol–water partition coefficient (Wildman–Crippen LogP) is 11.4. The van der Waals surface area contributed by atoms with Gasteiger partial charge in [-0.1, -0.05) is 97.9 Å². The molecular formula is C38H46. The molecule has 0 aromatic carbocycles. The molecule has 5 aliphatic carbocycles. The molecule has 0 spiro atoms. The first-order chi connectivity index (χ1) is 18.9. The summed E-state index contributed by atoms with van der Waals surface area (Å²) in [7, 11) is 0. The van der Waals surface area contributed by atoms with Gasteiger partial charge in [0.1, 0.15) is 0 Å². The quantitative estimate of drug-likeness (QED) is 0.358. The van der Waals surface area contributed by atoms with Crippen LogP contribution in [0.25, 0.3) is 0 Å². The molecule has 0 aromatic heterocycles. The van der Waals surface area contributed by atoms with Gasteiger partial charge >= 0.3 is 0 Å². The van der Waals surface area contributed by atoms with Crippen LogP contribution in [0.1, 0.15) is 103 Å². The Balaban J connectivity index is 1.78. The van der Waals surface area contributed by atoms with Gasteiger partial charge in [-0.15, -0.1) is 0 Å². The van der Waals surface area contributed by atoms with Gasteiger partial charge < -0.3 is 0 Å². The third-order valence-electron chi connectivity index (χ3n) is 8.52. The Bertz CT molecular complexity index is 1190. The van der Waals surface area contributed by atoms with Crippen molar-refractivity contribution in [2.75, 3.05) is 0 Å². The molecule has 0 unspecified atom stereocenters. The molecule has 0 radical (unpaired) electrons. The van der Waals surface area contributed by atoms with Gasteiger partial charge in [0, 0.05) is 0 Å². The van der Waals surface area contributed by atoms with Crippen molar-refractivity contribution < 1.29 is 0 Å². The van der Waals surface area contributed by atoms with Gasteiger partial charge in [-0.25, -0.2) is 0 Å². The number of rotatable bonds is 4.